The maximum absolute atomic E-state index is 9.74. The van der Waals surface area contributed by atoms with E-state index in [0.717, 1.165) is 18.6 Å². The summed E-state index contributed by atoms with van der Waals surface area (Å²) in [6.07, 6.45) is 13.7. The van der Waals surface area contributed by atoms with Gasteiger partial charge >= 0.3 is 0 Å². The van der Waals surface area contributed by atoms with Crippen LogP contribution in [-0.2, 0) is 0 Å². The zero-order valence-electron chi connectivity index (χ0n) is 11.4. The predicted octanol–water partition coefficient (Wildman–Crippen LogP) is 3.33. The van der Waals surface area contributed by atoms with Crippen LogP contribution in [0.3, 0.4) is 0 Å². The molecular formula is C15H29NO. The maximum atomic E-state index is 9.74. The van der Waals surface area contributed by atoms with Crippen molar-refractivity contribution in [3.05, 3.63) is 0 Å². The molecule has 0 aromatic heterocycles. The first-order valence-electron chi connectivity index (χ1n) is 7.71. The summed E-state index contributed by atoms with van der Waals surface area (Å²) in [5.41, 5.74) is 0. The predicted molar refractivity (Wildman–Crippen MR) is 72.1 cm³/mol. The van der Waals surface area contributed by atoms with E-state index in [2.05, 4.69) is 4.90 Å². The van der Waals surface area contributed by atoms with E-state index >= 15 is 0 Å². The van der Waals surface area contributed by atoms with Gasteiger partial charge in [0.05, 0.1) is 6.10 Å². The molecule has 0 radical (unpaired) electrons. The van der Waals surface area contributed by atoms with Crippen LogP contribution in [0, 0.1) is 0 Å². The number of nitrogens with zero attached hydrogens (tertiary/aromatic N) is 1. The Labute approximate surface area is 106 Å². The highest BCUT2D eigenvalue weighted by Crippen LogP contribution is 2.30. The molecule has 2 aliphatic carbocycles. The Bertz CT molecular complexity index is 187. The summed E-state index contributed by atoms with van der Waals surface area (Å²) in [4.78, 5) is 2.67. The first-order valence-corrected chi connectivity index (χ1v) is 7.71. The highest BCUT2D eigenvalue weighted by Gasteiger charge is 2.29. The molecule has 2 aliphatic rings. The molecule has 2 fully saturated rings. The summed E-state index contributed by atoms with van der Waals surface area (Å²) >= 11 is 0. The second-order valence-corrected chi connectivity index (χ2v) is 6.13. The summed E-state index contributed by atoms with van der Waals surface area (Å²) in [7, 11) is 0. The molecule has 2 rings (SSSR count). The maximum Gasteiger partial charge on any atom is 0.0639 e. The third-order valence-corrected chi connectivity index (χ3v) is 4.56. The normalized spacial score (nSPS) is 26.3. The summed E-state index contributed by atoms with van der Waals surface area (Å²) < 4.78 is 0. The molecule has 0 aromatic carbocycles. The first-order chi connectivity index (χ1) is 8.27. The fraction of sp³-hybridized carbons (Fsp3) is 1.00. The van der Waals surface area contributed by atoms with Gasteiger partial charge in [0, 0.05) is 18.6 Å². The zero-order valence-corrected chi connectivity index (χ0v) is 11.4. The molecule has 2 heteroatoms. The van der Waals surface area contributed by atoms with Gasteiger partial charge in [0.15, 0.2) is 0 Å². The fourth-order valence-electron chi connectivity index (χ4n) is 3.73. The Balaban J connectivity index is 1.95. The average molecular weight is 239 g/mol. The van der Waals surface area contributed by atoms with E-state index in [0.29, 0.717) is 0 Å². The van der Waals surface area contributed by atoms with Gasteiger partial charge in [0.25, 0.3) is 0 Å². The van der Waals surface area contributed by atoms with Crippen LogP contribution in [-0.4, -0.2) is 34.7 Å². The second kappa shape index (κ2) is 6.75. The number of hydrogen-bond acceptors (Lipinski definition) is 2. The van der Waals surface area contributed by atoms with Crippen molar-refractivity contribution in [1.82, 2.24) is 4.90 Å². The van der Waals surface area contributed by atoms with Crippen molar-refractivity contribution < 1.29 is 5.11 Å². The topological polar surface area (TPSA) is 23.5 Å². The standard InChI is InChI=1S/C15H29NO/c1-13(17)12-16(14-8-4-2-5-9-14)15-10-6-3-7-11-15/h13-15,17H,2-12H2,1H3/t13-/m1/s1. The van der Waals surface area contributed by atoms with Crippen molar-refractivity contribution in [2.75, 3.05) is 6.54 Å². The van der Waals surface area contributed by atoms with E-state index in [1.165, 1.54) is 64.2 Å². The Morgan fingerprint density at radius 1 is 0.882 bits per heavy atom. The SMILES string of the molecule is C[C@@H](O)CN(C1CCCCC1)C1CCCCC1. The Kier molecular flexibility index (Phi) is 5.30. The number of aliphatic hydroxyl groups is 1. The van der Waals surface area contributed by atoms with Crippen LogP contribution in [0.4, 0.5) is 0 Å². The number of aliphatic hydroxyl groups excluding tert-OH is 1. The highest BCUT2D eigenvalue weighted by atomic mass is 16.3. The van der Waals surface area contributed by atoms with E-state index < -0.39 is 0 Å². The molecule has 1 N–H and O–H groups in total. The number of hydrogen-bond donors (Lipinski definition) is 1. The Morgan fingerprint density at radius 3 is 1.65 bits per heavy atom. The van der Waals surface area contributed by atoms with Crippen LogP contribution in [0.15, 0.2) is 0 Å². The van der Waals surface area contributed by atoms with E-state index in [1.807, 2.05) is 6.92 Å². The van der Waals surface area contributed by atoms with Gasteiger partial charge in [-0.2, -0.15) is 0 Å². The fourth-order valence-corrected chi connectivity index (χ4v) is 3.73. The van der Waals surface area contributed by atoms with Gasteiger partial charge in [-0.05, 0) is 32.6 Å². The smallest absolute Gasteiger partial charge is 0.0639 e. The largest absolute Gasteiger partial charge is 0.392 e. The lowest BCUT2D eigenvalue weighted by atomic mass is 9.88. The number of rotatable bonds is 4. The molecule has 2 nitrogen and oxygen atoms in total. The molecule has 0 aliphatic heterocycles. The Morgan fingerprint density at radius 2 is 1.29 bits per heavy atom. The molecule has 0 aromatic rings. The van der Waals surface area contributed by atoms with Gasteiger partial charge in [-0.15, -0.1) is 0 Å². The third-order valence-electron chi connectivity index (χ3n) is 4.56. The molecule has 0 bridgehead atoms. The van der Waals surface area contributed by atoms with Crippen LogP contribution in [0.1, 0.15) is 71.1 Å². The van der Waals surface area contributed by atoms with Gasteiger partial charge in [-0.3, -0.25) is 4.90 Å². The van der Waals surface area contributed by atoms with Crippen molar-refractivity contribution in [3.63, 3.8) is 0 Å². The van der Waals surface area contributed by atoms with Crippen LogP contribution in [0.25, 0.3) is 0 Å². The summed E-state index contributed by atoms with van der Waals surface area (Å²) in [6, 6.07) is 1.53. The quantitative estimate of drug-likeness (QED) is 0.813. The molecule has 17 heavy (non-hydrogen) atoms. The monoisotopic (exact) mass is 239 g/mol. The molecule has 0 unspecified atom stereocenters. The van der Waals surface area contributed by atoms with Gasteiger partial charge in [-0.1, -0.05) is 38.5 Å². The van der Waals surface area contributed by atoms with Crippen LogP contribution >= 0.6 is 0 Å². The van der Waals surface area contributed by atoms with Crippen LogP contribution < -0.4 is 0 Å². The molecule has 100 valence electrons. The van der Waals surface area contributed by atoms with Crippen molar-refractivity contribution >= 4 is 0 Å². The highest BCUT2D eigenvalue weighted by molar-refractivity contribution is 4.84. The molecule has 1 atom stereocenters. The summed E-state index contributed by atoms with van der Waals surface area (Å²) in [5, 5.41) is 9.74. The summed E-state index contributed by atoms with van der Waals surface area (Å²) in [5.74, 6) is 0. The first kappa shape index (κ1) is 13.4. The molecular weight excluding hydrogens is 210 g/mol. The third kappa shape index (κ3) is 3.96. The molecule has 0 amide bonds. The van der Waals surface area contributed by atoms with E-state index in [1.54, 1.807) is 0 Å². The van der Waals surface area contributed by atoms with Crippen LogP contribution in [0.5, 0.6) is 0 Å². The van der Waals surface area contributed by atoms with E-state index in [-0.39, 0.29) is 6.10 Å². The molecule has 0 spiro atoms. The minimum Gasteiger partial charge on any atom is -0.392 e. The minimum atomic E-state index is -0.168. The van der Waals surface area contributed by atoms with Gasteiger partial charge in [0.2, 0.25) is 0 Å². The van der Waals surface area contributed by atoms with Gasteiger partial charge in [0.1, 0.15) is 0 Å². The van der Waals surface area contributed by atoms with Crippen molar-refractivity contribution in [2.24, 2.45) is 0 Å². The van der Waals surface area contributed by atoms with Crippen molar-refractivity contribution in [2.45, 2.75) is 89.3 Å². The van der Waals surface area contributed by atoms with Gasteiger partial charge < -0.3 is 5.11 Å². The summed E-state index contributed by atoms with van der Waals surface area (Å²) in [6.45, 7) is 2.84. The lowest BCUT2D eigenvalue weighted by molar-refractivity contribution is 0.0355. The molecule has 0 saturated heterocycles. The van der Waals surface area contributed by atoms with Crippen LogP contribution in [0.2, 0.25) is 0 Å². The van der Waals surface area contributed by atoms with Gasteiger partial charge in [-0.25, -0.2) is 0 Å². The van der Waals surface area contributed by atoms with E-state index in [4.69, 9.17) is 0 Å². The zero-order chi connectivity index (χ0) is 12.1. The Hall–Kier alpha value is -0.0800. The average Bonchev–Trinajstić information content (AvgIpc) is 2.38. The lowest BCUT2D eigenvalue weighted by Crippen LogP contribution is -2.48. The lowest BCUT2D eigenvalue weighted by Gasteiger charge is -2.42. The minimum absolute atomic E-state index is 0.168. The molecule has 2 saturated carbocycles. The molecule has 0 heterocycles. The van der Waals surface area contributed by atoms with Crippen molar-refractivity contribution in [3.8, 4) is 0 Å². The van der Waals surface area contributed by atoms with Crippen molar-refractivity contribution in [1.29, 1.82) is 0 Å². The second-order valence-electron chi connectivity index (χ2n) is 6.13. The van der Waals surface area contributed by atoms with E-state index in [9.17, 15) is 5.11 Å².